The zero-order valence-corrected chi connectivity index (χ0v) is 16.4. The first-order valence-electron chi connectivity index (χ1n) is 9.41. The van der Waals surface area contributed by atoms with E-state index in [0.29, 0.717) is 11.8 Å². The number of hydrogen-bond donors (Lipinski definition) is 1. The molecule has 0 bridgehead atoms. The molecule has 0 saturated heterocycles. The van der Waals surface area contributed by atoms with Gasteiger partial charge in [0.05, 0.1) is 6.10 Å². The van der Waals surface area contributed by atoms with Crippen LogP contribution in [-0.2, 0) is 6.42 Å². The Hall–Kier alpha value is -1.67. The maximum absolute atomic E-state index is 13.4. The summed E-state index contributed by atoms with van der Waals surface area (Å²) in [4.78, 5) is 0. The zero-order valence-electron chi connectivity index (χ0n) is 16.4. The number of hydrogen-bond acceptors (Lipinski definition) is 1. The number of aliphatic hydroxyl groups is 1. The summed E-state index contributed by atoms with van der Waals surface area (Å²) >= 11 is 0. The molecule has 0 saturated carbocycles. The quantitative estimate of drug-likeness (QED) is 0.616. The molecule has 0 aliphatic rings. The summed E-state index contributed by atoms with van der Waals surface area (Å²) < 4.78 is 13.4. The van der Waals surface area contributed by atoms with Crippen LogP contribution in [0.2, 0.25) is 0 Å². The normalized spacial score (nSPS) is 12.9. The van der Waals surface area contributed by atoms with E-state index in [2.05, 4.69) is 40.7 Å². The molecule has 2 aromatic rings. The predicted octanol–water partition coefficient (Wildman–Crippen LogP) is 6.75. The van der Waals surface area contributed by atoms with Crippen molar-refractivity contribution in [3.63, 3.8) is 0 Å². The van der Waals surface area contributed by atoms with Crippen LogP contribution in [0.25, 0.3) is 11.1 Å². The molecule has 25 heavy (non-hydrogen) atoms. The van der Waals surface area contributed by atoms with Gasteiger partial charge in [-0.15, -0.1) is 0 Å². The fourth-order valence-corrected chi connectivity index (χ4v) is 3.78. The van der Waals surface area contributed by atoms with Crippen molar-refractivity contribution >= 4 is 0 Å². The molecule has 1 nitrogen and oxygen atoms in total. The highest BCUT2D eigenvalue weighted by atomic mass is 19.1. The van der Waals surface area contributed by atoms with E-state index in [0.717, 1.165) is 29.5 Å². The molecular formula is C23H31FO. The van der Waals surface area contributed by atoms with E-state index in [4.69, 9.17) is 0 Å². The summed E-state index contributed by atoms with van der Waals surface area (Å²) in [5, 5.41) is 10.7. The largest absolute Gasteiger partial charge is 0.389 e. The Labute approximate surface area is 151 Å². The van der Waals surface area contributed by atoms with Crippen LogP contribution >= 0.6 is 0 Å². The van der Waals surface area contributed by atoms with Gasteiger partial charge in [-0.2, -0.15) is 0 Å². The lowest BCUT2D eigenvalue weighted by atomic mass is 9.78. The summed E-state index contributed by atoms with van der Waals surface area (Å²) in [6.45, 7) is 12.8. The summed E-state index contributed by atoms with van der Waals surface area (Å²) in [5.74, 6) is 0.479. The summed E-state index contributed by atoms with van der Waals surface area (Å²) in [6, 6.07) is 8.97. The fourth-order valence-electron chi connectivity index (χ4n) is 3.78. The Kier molecular flexibility index (Phi) is 6.40. The van der Waals surface area contributed by atoms with Gasteiger partial charge in [0.25, 0.3) is 0 Å². The van der Waals surface area contributed by atoms with Crippen LogP contribution in [0.1, 0.15) is 88.2 Å². The smallest absolute Gasteiger partial charge is 0.123 e. The van der Waals surface area contributed by atoms with Gasteiger partial charge in [-0.25, -0.2) is 4.39 Å². The number of aryl methyl sites for hydroxylation is 1. The second-order valence-electron chi connectivity index (χ2n) is 7.57. The average molecular weight is 342 g/mol. The molecule has 0 fully saturated rings. The molecule has 0 aliphatic heterocycles. The minimum absolute atomic E-state index is 0.234. The van der Waals surface area contributed by atoms with Crippen molar-refractivity contribution in [1.29, 1.82) is 0 Å². The van der Waals surface area contributed by atoms with Crippen molar-refractivity contribution in [2.24, 2.45) is 0 Å². The van der Waals surface area contributed by atoms with Crippen LogP contribution < -0.4 is 0 Å². The fraction of sp³-hybridized carbons (Fsp3) is 0.478. The van der Waals surface area contributed by atoms with E-state index >= 15 is 0 Å². The molecule has 1 N–H and O–H groups in total. The molecule has 0 aliphatic carbocycles. The van der Waals surface area contributed by atoms with Gasteiger partial charge in [0.2, 0.25) is 0 Å². The first kappa shape index (κ1) is 19.7. The molecule has 0 radical (unpaired) electrons. The van der Waals surface area contributed by atoms with Gasteiger partial charge in [0, 0.05) is 0 Å². The number of halogens is 1. The first-order valence-corrected chi connectivity index (χ1v) is 9.41. The molecule has 136 valence electrons. The SMILES string of the molecule is CCCc1cc(C(C)C)c(C(C)C)c(C(C)O)c1-c1ccc(F)cc1. The van der Waals surface area contributed by atoms with Crippen LogP contribution in [-0.4, -0.2) is 5.11 Å². The molecule has 2 heteroatoms. The number of aliphatic hydroxyl groups excluding tert-OH is 1. The highest BCUT2D eigenvalue weighted by Gasteiger charge is 2.24. The Morgan fingerprint density at radius 1 is 0.920 bits per heavy atom. The van der Waals surface area contributed by atoms with Crippen molar-refractivity contribution in [2.75, 3.05) is 0 Å². The second kappa shape index (κ2) is 8.14. The van der Waals surface area contributed by atoms with E-state index < -0.39 is 6.10 Å². The summed E-state index contributed by atoms with van der Waals surface area (Å²) in [7, 11) is 0. The standard InChI is InChI=1S/C23H31FO/c1-7-8-18-13-20(14(2)3)21(15(4)5)22(16(6)25)23(18)17-9-11-19(24)12-10-17/h9-16,25H,7-8H2,1-6H3. The van der Waals surface area contributed by atoms with Crippen molar-refractivity contribution in [2.45, 2.75) is 72.3 Å². The summed E-state index contributed by atoms with van der Waals surface area (Å²) in [6.07, 6.45) is 1.42. The van der Waals surface area contributed by atoms with Crippen LogP contribution in [0.5, 0.6) is 0 Å². The van der Waals surface area contributed by atoms with Gasteiger partial charge >= 0.3 is 0 Å². The highest BCUT2D eigenvalue weighted by molar-refractivity contribution is 5.74. The highest BCUT2D eigenvalue weighted by Crippen LogP contribution is 2.42. The molecule has 0 amide bonds. The third-order valence-corrected chi connectivity index (χ3v) is 4.79. The van der Waals surface area contributed by atoms with E-state index in [1.54, 1.807) is 0 Å². The van der Waals surface area contributed by atoms with Gasteiger partial charge < -0.3 is 5.11 Å². The lowest BCUT2D eigenvalue weighted by molar-refractivity contribution is 0.198. The maximum Gasteiger partial charge on any atom is 0.123 e. The lowest BCUT2D eigenvalue weighted by Gasteiger charge is -2.28. The maximum atomic E-state index is 13.4. The van der Waals surface area contributed by atoms with E-state index in [1.165, 1.54) is 28.8 Å². The van der Waals surface area contributed by atoms with Gasteiger partial charge in [-0.1, -0.05) is 59.2 Å². The topological polar surface area (TPSA) is 20.2 Å². The Morgan fingerprint density at radius 2 is 1.52 bits per heavy atom. The molecular weight excluding hydrogens is 311 g/mol. The zero-order chi connectivity index (χ0) is 18.7. The van der Waals surface area contributed by atoms with E-state index in [1.807, 2.05) is 19.1 Å². The minimum atomic E-state index is -0.563. The van der Waals surface area contributed by atoms with Crippen molar-refractivity contribution in [3.8, 4) is 11.1 Å². The monoisotopic (exact) mass is 342 g/mol. The molecule has 2 aromatic carbocycles. The van der Waals surface area contributed by atoms with E-state index in [-0.39, 0.29) is 5.82 Å². The number of benzene rings is 2. The minimum Gasteiger partial charge on any atom is -0.389 e. The van der Waals surface area contributed by atoms with Gasteiger partial charge in [-0.05, 0) is 70.7 Å². The van der Waals surface area contributed by atoms with E-state index in [9.17, 15) is 9.50 Å². The molecule has 0 aromatic heterocycles. The molecule has 1 unspecified atom stereocenters. The molecule has 0 heterocycles. The third-order valence-electron chi connectivity index (χ3n) is 4.79. The first-order chi connectivity index (χ1) is 11.8. The van der Waals surface area contributed by atoms with Gasteiger partial charge in [-0.3, -0.25) is 0 Å². The van der Waals surface area contributed by atoms with Gasteiger partial charge in [0.1, 0.15) is 5.82 Å². The Balaban J connectivity index is 2.91. The van der Waals surface area contributed by atoms with Crippen molar-refractivity contribution in [1.82, 2.24) is 0 Å². The summed E-state index contributed by atoms with van der Waals surface area (Å²) in [5.41, 5.74) is 6.89. The predicted molar refractivity (Wildman–Crippen MR) is 105 cm³/mol. The van der Waals surface area contributed by atoms with Crippen LogP contribution in [0.15, 0.2) is 30.3 Å². The molecule has 0 spiro atoms. The molecule has 2 rings (SSSR count). The Morgan fingerprint density at radius 3 is 1.96 bits per heavy atom. The number of rotatable bonds is 6. The van der Waals surface area contributed by atoms with Crippen LogP contribution in [0.4, 0.5) is 4.39 Å². The second-order valence-corrected chi connectivity index (χ2v) is 7.57. The third kappa shape index (κ3) is 4.12. The lowest BCUT2D eigenvalue weighted by Crippen LogP contribution is -2.11. The molecule has 1 atom stereocenters. The Bertz CT molecular complexity index is 712. The van der Waals surface area contributed by atoms with Gasteiger partial charge in [0.15, 0.2) is 0 Å². The van der Waals surface area contributed by atoms with Crippen LogP contribution in [0, 0.1) is 5.82 Å². The average Bonchev–Trinajstić information content (AvgIpc) is 2.54. The van der Waals surface area contributed by atoms with Crippen molar-refractivity contribution < 1.29 is 9.50 Å². The van der Waals surface area contributed by atoms with Crippen LogP contribution in [0.3, 0.4) is 0 Å². The van der Waals surface area contributed by atoms with Crippen molar-refractivity contribution in [3.05, 3.63) is 58.4 Å².